The van der Waals surface area contributed by atoms with E-state index in [2.05, 4.69) is 27.8 Å². The molecule has 0 atom stereocenters. The Bertz CT molecular complexity index is 494. The van der Waals surface area contributed by atoms with Crippen molar-refractivity contribution < 1.29 is 4.39 Å². The quantitative estimate of drug-likeness (QED) is 0.770. The second-order valence-corrected chi connectivity index (χ2v) is 4.37. The van der Waals surface area contributed by atoms with E-state index in [4.69, 9.17) is 0 Å². The molecule has 1 aromatic heterocycles. The molecular formula is C13H18FN5. The van der Waals surface area contributed by atoms with Crippen LogP contribution in [0.2, 0.25) is 0 Å². The molecule has 0 aliphatic heterocycles. The van der Waals surface area contributed by atoms with E-state index >= 15 is 0 Å². The second kappa shape index (κ2) is 6.94. The van der Waals surface area contributed by atoms with Gasteiger partial charge in [-0.3, -0.25) is 0 Å². The minimum Gasteiger partial charge on any atom is -0.310 e. The minimum atomic E-state index is -0.212. The van der Waals surface area contributed by atoms with Crippen LogP contribution in [0.25, 0.3) is 0 Å². The van der Waals surface area contributed by atoms with Crippen LogP contribution in [0.1, 0.15) is 24.7 Å². The molecule has 0 fully saturated rings. The van der Waals surface area contributed by atoms with Gasteiger partial charge in [-0.15, -0.1) is 5.10 Å². The van der Waals surface area contributed by atoms with Gasteiger partial charge in [0, 0.05) is 6.54 Å². The summed E-state index contributed by atoms with van der Waals surface area (Å²) in [6.07, 6.45) is 1.86. The summed E-state index contributed by atoms with van der Waals surface area (Å²) in [5.74, 6) is 0.617. The van der Waals surface area contributed by atoms with Crippen LogP contribution in [0, 0.1) is 5.82 Å². The normalized spacial score (nSPS) is 10.8. The summed E-state index contributed by atoms with van der Waals surface area (Å²) < 4.78 is 14.6. The number of hydrogen-bond acceptors (Lipinski definition) is 4. The second-order valence-electron chi connectivity index (χ2n) is 4.37. The van der Waals surface area contributed by atoms with Gasteiger partial charge >= 0.3 is 0 Å². The van der Waals surface area contributed by atoms with Gasteiger partial charge in [0.15, 0.2) is 5.82 Å². The highest BCUT2D eigenvalue weighted by Gasteiger charge is 2.05. The number of halogens is 1. The standard InChI is InChI=1S/C13H18FN5/c1-2-8-15-10-13-16-17-18-19(13)9-7-11-3-5-12(14)6-4-11/h3-6,15H,2,7-10H2,1H3. The fourth-order valence-corrected chi connectivity index (χ4v) is 1.79. The van der Waals surface area contributed by atoms with Crippen molar-refractivity contribution in [2.45, 2.75) is 32.9 Å². The summed E-state index contributed by atoms with van der Waals surface area (Å²) in [4.78, 5) is 0. The lowest BCUT2D eigenvalue weighted by Gasteiger charge is -2.05. The Hall–Kier alpha value is -1.82. The van der Waals surface area contributed by atoms with Crippen molar-refractivity contribution in [2.24, 2.45) is 0 Å². The average Bonchev–Trinajstić information content (AvgIpc) is 2.86. The minimum absolute atomic E-state index is 0.212. The van der Waals surface area contributed by atoms with E-state index in [1.807, 2.05) is 0 Å². The summed E-state index contributed by atoms with van der Waals surface area (Å²) in [5, 5.41) is 14.9. The first-order valence-corrected chi connectivity index (χ1v) is 6.50. The molecule has 2 aromatic rings. The monoisotopic (exact) mass is 263 g/mol. The van der Waals surface area contributed by atoms with Crippen molar-refractivity contribution in [3.05, 3.63) is 41.5 Å². The maximum Gasteiger partial charge on any atom is 0.165 e. The molecule has 0 aliphatic carbocycles. The summed E-state index contributed by atoms with van der Waals surface area (Å²) in [6.45, 7) is 4.43. The van der Waals surface area contributed by atoms with Crippen LogP contribution in [-0.2, 0) is 19.5 Å². The van der Waals surface area contributed by atoms with Crippen molar-refractivity contribution in [1.82, 2.24) is 25.5 Å². The molecule has 19 heavy (non-hydrogen) atoms. The number of hydrogen-bond donors (Lipinski definition) is 1. The first kappa shape index (κ1) is 13.6. The van der Waals surface area contributed by atoms with Gasteiger partial charge in [-0.25, -0.2) is 9.07 Å². The van der Waals surface area contributed by atoms with Gasteiger partial charge in [-0.2, -0.15) is 0 Å². The van der Waals surface area contributed by atoms with Crippen LogP contribution in [0.3, 0.4) is 0 Å². The van der Waals surface area contributed by atoms with Gasteiger partial charge in [0.25, 0.3) is 0 Å². The van der Waals surface area contributed by atoms with Crippen LogP contribution < -0.4 is 5.32 Å². The Morgan fingerprint density at radius 3 is 2.79 bits per heavy atom. The Labute approximate surface area is 111 Å². The summed E-state index contributed by atoms with van der Waals surface area (Å²) in [6, 6.07) is 6.51. The fourth-order valence-electron chi connectivity index (χ4n) is 1.79. The van der Waals surface area contributed by atoms with Crippen LogP contribution >= 0.6 is 0 Å². The highest BCUT2D eigenvalue weighted by Crippen LogP contribution is 2.05. The molecule has 0 bridgehead atoms. The lowest BCUT2D eigenvalue weighted by atomic mass is 10.1. The molecule has 0 saturated carbocycles. The summed E-state index contributed by atoms with van der Waals surface area (Å²) >= 11 is 0. The van der Waals surface area contributed by atoms with E-state index < -0.39 is 0 Å². The SMILES string of the molecule is CCCNCc1nnnn1CCc1ccc(F)cc1. The van der Waals surface area contributed by atoms with Crippen LogP contribution in [0.4, 0.5) is 4.39 Å². The molecule has 0 radical (unpaired) electrons. The largest absolute Gasteiger partial charge is 0.310 e. The first-order valence-electron chi connectivity index (χ1n) is 6.50. The predicted molar refractivity (Wildman–Crippen MR) is 69.9 cm³/mol. The number of nitrogens with zero attached hydrogens (tertiary/aromatic N) is 4. The Morgan fingerprint density at radius 2 is 2.05 bits per heavy atom. The summed E-state index contributed by atoms with van der Waals surface area (Å²) in [7, 11) is 0. The first-order chi connectivity index (χ1) is 9.29. The molecule has 102 valence electrons. The van der Waals surface area contributed by atoms with E-state index in [-0.39, 0.29) is 5.82 Å². The molecule has 1 heterocycles. The maximum absolute atomic E-state index is 12.8. The van der Waals surface area contributed by atoms with E-state index in [1.165, 1.54) is 12.1 Å². The van der Waals surface area contributed by atoms with Gasteiger partial charge in [0.05, 0.1) is 6.54 Å². The van der Waals surface area contributed by atoms with E-state index in [9.17, 15) is 4.39 Å². The number of nitrogens with one attached hydrogen (secondary N) is 1. The number of rotatable bonds is 7. The molecule has 0 amide bonds. The number of tetrazole rings is 1. The molecule has 1 N–H and O–H groups in total. The lowest BCUT2D eigenvalue weighted by Crippen LogP contribution is -2.18. The van der Waals surface area contributed by atoms with Crippen LogP contribution in [0.15, 0.2) is 24.3 Å². The zero-order valence-corrected chi connectivity index (χ0v) is 11.0. The lowest BCUT2D eigenvalue weighted by molar-refractivity contribution is 0.540. The van der Waals surface area contributed by atoms with Crippen molar-refractivity contribution in [3.63, 3.8) is 0 Å². The van der Waals surface area contributed by atoms with Crippen LogP contribution in [-0.4, -0.2) is 26.8 Å². The van der Waals surface area contributed by atoms with Crippen molar-refractivity contribution >= 4 is 0 Å². The van der Waals surface area contributed by atoms with E-state index in [0.717, 1.165) is 30.8 Å². The molecule has 6 heteroatoms. The number of aryl methyl sites for hydroxylation is 2. The van der Waals surface area contributed by atoms with Gasteiger partial charge in [-0.1, -0.05) is 19.1 Å². The molecule has 0 saturated heterocycles. The number of benzene rings is 1. The van der Waals surface area contributed by atoms with Crippen molar-refractivity contribution in [1.29, 1.82) is 0 Å². The molecule has 0 unspecified atom stereocenters. The van der Waals surface area contributed by atoms with Crippen molar-refractivity contribution in [2.75, 3.05) is 6.54 Å². The van der Waals surface area contributed by atoms with Crippen molar-refractivity contribution in [3.8, 4) is 0 Å². The zero-order chi connectivity index (χ0) is 13.5. The number of aromatic nitrogens is 4. The van der Waals surface area contributed by atoms with Crippen LogP contribution in [0.5, 0.6) is 0 Å². The Morgan fingerprint density at radius 1 is 1.26 bits per heavy atom. The Balaban J connectivity index is 1.88. The van der Waals surface area contributed by atoms with Gasteiger partial charge in [0.2, 0.25) is 0 Å². The van der Waals surface area contributed by atoms with Gasteiger partial charge < -0.3 is 5.32 Å². The van der Waals surface area contributed by atoms with Gasteiger partial charge in [0.1, 0.15) is 5.82 Å². The average molecular weight is 263 g/mol. The maximum atomic E-state index is 12.8. The zero-order valence-electron chi connectivity index (χ0n) is 11.0. The highest BCUT2D eigenvalue weighted by atomic mass is 19.1. The molecule has 5 nitrogen and oxygen atoms in total. The molecule has 0 aliphatic rings. The third-order valence-corrected chi connectivity index (χ3v) is 2.84. The molecule has 0 spiro atoms. The third kappa shape index (κ3) is 4.10. The molecule has 1 aromatic carbocycles. The van der Waals surface area contributed by atoms with Gasteiger partial charge in [-0.05, 0) is 47.5 Å². The molecular weight excluding hydrogens is 245 g/mol. The third-order valence-electron chi connectivity index (χ3n) is 2.84. The predicted octanol–water partition coefficient (Wildman–Crippen LogP) is 1.55. The smallest absolute Gasteiger partial charge is 0.165 e. The van der Waals surface area contributed by atoms with E-state index in [0.29, 0.717) is 13.1 Å². The Kier molecular flexibility index (Phi) is 4.97. The fraction of sp³-hybridized carbons (Fsp3) is 0.462. The van der Waals surface area contributed by atoms with E-state index in [1.54, 1.807) is 16.8 Å². The highest BCUT2D eigenvalue weighted by molar-refractivity contribution is 5.15. The molecule has 2 rings (SSSR count). The summed E-state index contributed by atoms with van der Waals surface area (Å²) in [5.41, 5.74) is 1.07. The topological polar surface area (TPSA) is 55.6 Å².